The molecular formula is C32H40N4O3. The first-order valence-electron chi connectivity index (χ1n) is 13.8. The topological polar surface area (TPSA) is 120 Å². The van der Waals surface area contributed by atoms with Gasteiger partial charge in [0.15, 0.2) is 0 Å². The summed E-state index contributed by atoms with van der Waals surface area (Å²) in [5.41, 5.74) is 14.7. The van der Waals surface area contributed by atoms with Gasteiger partial charge < -0.3 is 21.5 Å². The van der Waals surface area contributed by atoms with E-state index in [0.29, 0.717) is 18.2 Å². The molecule has 1 fully saturated rings. The molecule has 3 aromatic rings. The molecule has 1 aliphatic carbocycles. The molecule has 39 heavy (non-hydrogen) atoms. The Bertz CT molecular complexity index is 1240. The van der Waals surface area contributed by atoms with Crippen LogP contribution in [0.3, 0.4) is 0 Å². The Morgan fingerprint density at radius 1 is 1.00 bits per heavy atom. The molecule has 1 heterocycles. The van der Waals surface area contributed by atoms with Crippen molar-refractivity contribution in [3.05, 3.63) is 84.1 Å². The standard InChI is InChI=1S/C32H40N4O3/c1-32(2,39-31(34)38)18-17-22-11-13-24(14-12-22)30(37)36-28(19-23-7-4-3-5-8-23)26-10-6-9-25(20-26)27-15-16-29(33)35-21-27/h3-10,15-16,20-22,24,28H,11-14,17-19H2,1-2H3,(H2,33,35)(H2,34,38)(H,36,37). The molecule has 2 aromatic carbocycles. The van der Waals surface area contributed by atoms with Crippen LogP contribution in [0.25, 0.3) is 11.1 Å². The van der Waals surface area contributed by atoms with Crippen molar-refractivity contribution in [2.45, 2.75) is 70.4 Å². The van der Waals surface area contributed by atoms with Gasteiger partial charge in [0.25, 0.3) is 0 Å². The third-order valence-corrected chi connectivity index (χ3v) is 7.76. The Hall–Kier alpha value is -3.87. The van der Waals surface area contributed by atoms with E-state index in [1.165, 1.54) is 5.56 Å². The number of carbonyl (C=O) groups is 2. The van der Waals surface area contributed by atoms with E-state index < -0.39 is 11.7 Å². The summed E-state index contributed by atoms with van der Waals surface area (Å²) in [5, 5.41) is 3.39. The minimum Gasteiger partial charge on any atom is -0.444 e. The van der Waals surface area contributed by atoms with Crippen LogP contribution in [0.4, 0.5) is 10.6 Å². The van der Waals surface area contributed by atoms with E-state index >= 15 is 0 Å². The molecule has 0 radical (unpaired) electrons. The molecule has 5 N–H and O–H groups in total. The van der Waals surface area contributed by atoms with Crippen molar-refractivity contribution in [2.75, 3.05) is 5.73 Å². The molecule has 4 rings (SSSR count). The zero-order valence-electron chi connectivity index (χ0n) is 22.9. The Balaban J connectivity index is 1.42. The van der Waals surface area contributed by atoms with E-state index in [2.05, 4.69) is 40.6 Å². The van der Waals surface area contributed by atoms with Gasteiger partial charge in [0.05, 0.1) is 6.04 Å². The number of pyridine rings is 1. The first-order chi connectivity index (χ1) is 18.7. The molecule has 7 nitrogen and oxygen atoms in total. The number of nitrogens with two attached hydrogens (primary N) is 2. The highest BCUT2D eigenvalue weighted by Crippen LogP contribution is 2.34. The molecule has 0 aliphatic heterocycles. The van der Waals surface area contributed by atoms with Crippen molar-refractivity contribution >= 4 is 17.8 Å². The van der Waals surface area contributed by atoms with Crippen LogP contribution in [-0.2, 0) is 16.0 Å². The van der Waals surface area contributed by atoms with Gasteiger partial charge in [-0.2, -0.15) is 0 Å². The maximum absolute atomic E-state index is 13.5. The van der Waals surface area contributed by atoms with Crippen molar-refractivity contribution in [3.63, 3.8) is 0 Å². The van der Waals surface area contributed by atoms with E-state index in [4.69, 9.17) is 16.2 Å². The van der Waals surface area contributed by atoms with E-state index in [1.54, 1.807) is 12.3 Å². The van der Waals surface area contributed by atoms with Gasteiger partial charge >= 0.3 is 6.09 Å². The maximum atomic E-state index is 13.5. The molecule has 0 bridgehead atoms. The number of anilines is 1. The molecular weight excluding hydrogens is 488 g/mol. The number of primary amides is 1. The van der Waals surface area contributed by atoms with Crippen molar-refractivity contribution < 1.29 is 14.3 Å². The largest absolute Gasteiger partial charge is 0.444 e. The van der Waals surface area contributed by atoms with Gasteiger partial charge in [0, 0.05) is 17.7 Å². The SMILES string of the molecule is CC(C)(CCC1CCC(C(=O)NC(Cc2ccccc2)c2cccc(-c3ccc(N)nc3)c2)CC1)OC(N)=O. The first-order valence-corrected chi connectivity index (χ1v) is 13.8. The van der Waals surface area contributed by atoms with Gasteiger partial charge in [0.2, 0.25) is 5.91 Å². The van der Waals surface area contributed by atoms with Crippen LogP contribution in [0.5, 0.6) is 0 Å². The summed E-state index contributed by atoms with van der Waals surface area (Å²) in [4.78, 5) is 28.9. The number of nitrogens with zero attached hydrogens (tertiary/aromatic N) is 1. The summed E-state index contributed by atoms with van der Waals surface area (Å²) in [6.45, 7) is 3.78. The molecule has 1 aliphatic rings. The van der Waals surface area contributed by atoms with E-state index in [1.807, 2.05) is 44.2 Å². The maximum Gasteiger partial charge on any atom is 0.405 e. The van der Waals surface area contributed by atoms with Crippen LogP contribution in [0.1, 0.15) is 69.5 Å². The number of aromatic nitrogens is 1. The van der Waals surface area contributed by atoms with Crippen LogP contribution in [-0.4, -0.2) is 22.6 Å². The minimum atomic E-state index is -0.735. The fraction of sp³-hybridized carbons (Fsp3) is 0.406. The van der Waals surface area contributed by atoms with Crippen molar-refractivity contribution in [1.29, 1.82) is 0 Å². The number of nitrogen functional groups attached to an aromatic ring is 1. The van der Waals surface area contributed by atoms with Crippen molar-refractivity contribution in [3.8, 4) is 11.1 Å². The lowest BCUT2D eigenvalue weighted by Gasteiger charge is -2.31. The molecule has 1 atom stereocenters. The summed E-state index contributed by atoms with van der Waals surface area (Å²) in [5.74, 6) is 1.13. The molecule has 0 spiro atoms. The highest BCUT2D eigenvalue weighted by molar-refractivity contribution is 5.79. The molecule has 1 saturated carbocycles. The fourth-order valence-corrected chi connectivity index (χ4v) is 5.49. The van der Waals surface area contributed by atoms with Gasteiger partial charge in [-0.05, 0) is 99.6 Å². The van der Waals surface area contributed by atoms with E-state index in [9.17, 15) is 9.59 Å². The number of carbonyl (C=O) groups excluding carboxylic acids is 2. The minimum absolute atomic E-state index is 0.00103. The Morgan fingerprint density at radius 2 is 1.74 bits per heavy atom. The summed E-state index contributed by atoms with van der Waals surface area (Å²) < 4.78 is 5.23. The van der Waals surface area contributed by atoms with Crippen LogP contribution >= 0.6 is 0 Å². The average Bonchev–Trinajstić information content (AvgIpc) is 2.92. The number of amides is 2. The second kappa shape index (κ2) is 12.8. The molecule has 1 aromatic heterocycles. The summed E-state index contributed by atoms with van der Waals surface area (Å²) in [7, 11) is 0. The van der Waals surface area contributed by atoms with Crippen LogP contribution in [0.15, 0.2) is 72.9 Å². The third kappa shape index (κ3) is 8.31. The van der Waals surface area contributed by atoms with Gasteiger partial charge in [-0.15, -0.1) is 0 Å². The molecule has 0 saturated heterocycles. The smallest absolute Gasteiger partial charge is 0.405 e. The van der Waals surface area contributed by atoms with Crippen LogP contribution in [0, 0.1) is 11.8 Å². The van der Waals surface area contributed by atoms with Gasteiger partial charge in [0.1, 0.15) is 11.4 Å². The Morgan fingerprint density at radius 3 is 2.41 bits per heavy atom. The van der Waals surface area contributed by atoms with E-state index in [-0.39, 0.29) is 17.9 Å². The second-order valence-corrected chi connectivity index (χ2v) is 11.3. The average molecular weight is 529 g/mol. The number of rotatable bonds is 10. The number of nitrogens with one attached hydrogen (secondary N) is 1. The highest BCUT2D eigenvalue weighted by Gasteiger charge is 2.30. The Labute approximate surface area is 231 Å². The zero-order valence-corrected chi connectivity index (χ0v) is 22.9. The van der Waals surface area contributed by atoms with Crippen molar-refractivity contribution in [1.82, 2.24) is 10.3 Å². The molecule has 7 heteroatoms. The Kier molecular flexibility index (Phi) is 9.23. The fourth-order valence-electron chi connectivity index (χ4n) is 5.49. The number of hydrogen-bond acceptors (Lipinski definition) is 5. The number of hydrogen-bond donors (Lipinski definition) is 3. The monoisotopic (exact) mass is 528 g/mol. The molecule has 2 amide bonds. The van der Waals surface area contributed by atoms with Gasteiger partial charge in [-0.25, -0.2) is 9.78 Å². The lowest BCUT2D eigenvalue weighted by atomic mass is 9.78. The predicted octanol–water partition coefficient (Wildman–Crippen LogP) is 6.19. The van der Waals surface area contributed by atoms with Gasteiger partial charge in [-0.1, -0.05) is 48.5 Å². The summed E-state index contributed by atoms with van der Waals surface area (Å²) in [6.07, 6.45) is 7.18. The quantitative estimate of drug-likeness (QED) is 0.290. The van der Waals surface area contributed by atoms with Gasteiger partial charge in [-0.3, -0.25) is 4.79 Å². The highest BCUT2D eigenvalue weighted by atomic mass is 16.6. The normalized spacial score (nSPS) is 18.2. The van der Waals surface area contributed by atoms with Crippen LogP contribution in [0.2, 0.25) is 0 Å². The summed E-state index contributed by atoms with van der Waals surface area (Å²) >= 11 is 0. The zero-order chi connectivity index (χ0) is 27.8. The predicted molar refractivity (Wildman–Crippen MR) is 155 cm³/mol. The second-order valence-electron chi connectivity index (χ2n) is 11.3. The van der Waals surface area contributed by atoms with E-state index in [0.717, 1.165) is 55.2 Å². The molecule has 1 unspecified atom stereocenters. The lowest BCUT2D eigenvalue weighted by Crippen LogP contribution is -2.37. The first kappa shape index (κ1) is 28.1. The third-order valence-electron chi connectivity index (χ3n) is 7.76. The number of ether oxygens (including phenoxy) is 1. The number of benzene rings is 2. The van der Waals surface area contributed by atoms with Crippen LogP contribution < -0.4 is 16.8 Å². The molecule has 206 valence electrons. The summed E-state index contributed by atoms with van der Waals surface area (Å²) in [6, 6.07) is 22.2. The lowest BCUT2D eigenvalue weighted by molar-refractivity contribution is -0.127. The van der Waals surface area contributed by atoms with Crippen molar-refractivity contribution in [2.24, 2.45) is 17.6 Å².